The van der Waals surface area contributed by atoms with Crippen molar-refractivity contribution in [2.24, 2.45) is 0 Å². The molecule has 0 saturated heterocycles. The Bertz CT molecular complexity index is 9980. The van der Waals surface area contributed by atoms with E-state index in [2.05, 4.69) is 311 Å². The fourth-order valence-electron chi connectivity index (χ4n) is 20.4. The predicted octanol–water partition coefficient (Wildman–Crippen LogP) is 33.5. The standard InChI is InChI=1S/C49H32N4.C43H28N4.C41H26N4/c1-4-15-33(16-5-1)39-22-10-11-23-40(39)37-27-29-43-42-24-12-13-26-45(42)53(46(43)32-37)38-28-30-41-36(31-38)21-14-25-44(41)49-51-47(34-17-6-2-7-18-34)50-48(52-49)35-19-8-3-9-20-35;1-4-15-29(16-5-1)34-24-14-26-38-40(34)35-23-12-13-25-37(35)47(38)39-28-33-22-11-10-21-32(33)27-36(39)43-45-41(30-17-6-2-7-18-30)44-42(46-43)31-19-8-3-9-20-31;1-2-13-28(14-3-1)39-42-40(31-23-22-27-12-4-5-15-29(27)24-31)44-41(43-39)36-26-32(25-30-16-6-7-17-33(30)36)45-37-20-10-8-18-34(37)35-19-9-11-21-38(35)45/h1-32H;1-28H;1-26H/i;1D,4D,5D,15D,16D;. The van der Waals surface area contributed by atoms with E-state index in [-0.39, 0.29) is 29.7 Å². The van der Waals surface area contributed by atoms with Crippen molar-refractivity contribution in [1.29, 1.82) is 0 Å². The van der Waals surface area contributed by atoms with Gasteiger partial charge < -0.3 is 13.7 Å². The van der Waals surface area contributed by atoms with Gasteiger partial charge in [0.15, 0.2) is 52.4 Å². The molecule has 0 spiro atoms. The molecule has 0 aliphatic rings. The van der Waals surface area contributed by atoms with Crippen LogP contribution in [0.4, 0.5) is 0 Å². The highest BCUT2D eigenvalue weighted by molar-refractivity contribution is 6.17. The minimum absolute atomic E-state index is 0.163. The molecule has 28 rings (SSSR count). The summed E-state index contributed by atoms with van der Waals surface area (Å²) in [5.41, 5.74) is 23.1. The molecule has 0 atom stereocenters. The van der Waals surface area contributed by atoms with Crippen LogP contribution in [0.5, 0.6) is 0 Å². The van der Waals surface area contributed by atoms with Crippen LogP contribution in [0.1, 0.15) is 6.85 Å². The van der Waals surface area contributed by atoms with Crippen molar-refractivity contribution in [3.05, 3.63) is 522 Å². The van der Waals surface area contributed by atoms with Gasteiger partial charge >= 0.3 is 0 Å². The molecule has 0 aliphatic carbocycles. The van der Waals surface area contributed by atoms with Crippen LogP contribution >= 0.6 is 0 Å². The summed E-state index contributed by atoms with van der Waals surface area (Å²) in [5, 5.41) is 15.4. The average Bonchev–Trinajstić information content (AvgIpc) is 1.57. The summed E-state index contributed by atoms with van der Waals surface area (Å²) in [6.45, 7) is 0. The third kappa shape index (κ3) is 16.2. The lowest BCUT2D eigenvalue weighted by molar-refractivity contribution is 1.07. The molecule has 0 bridgehead atoms. The maximum Gasteiger partial charge on any atom is 0.166 e. The molecule has 6 aromatic heterocycles. The smallest absolute Gasteiger partial charge is 0.166 e. The van der Waals surface area contributed by atoms with E-state index in [1.54, 1.807) is 0 Å². The van der Waals surface area contributed by atoms with Gasteiger partial charge in [-0.25, -0.2) is 44.9 Å². The Morgan fingerprint density at radius 2 is 0.490 bits per heavy atom. The molecule has 145 heavy (non-hydrogen) atoms. The molecule has 0 radical (unpaired) electrons. The lowest BCUT2D eigenvalue weighted by Crippen LogP contribution is -2.04. The third-order valence-corrected chi connectivity index (χ3v) is 27.2. The first-order valence-electron chi connectivity index (χ1n) is 50.9. The van der Waals surface area contributed by atoms with E-state index < -0.39 is 6.04 Å². The van der Waals surface area contributed by atoms with Gasteiger partial charge in [0.25, 0.3) is 0 Å². The highest BCUT2D eigenvalue weighted by Gasteiger charge is 2.26. The molecule has 678 valence electrons. The zero-order valence-electron chi connectivity index (χ0n) is 83.1. The molecule has 0 N–H and O–H groups in total. The SMILES string of the molecule is [2H]c1c([2H])c([2H])c(-c2cccc3c2c2ccccc2n3-c2cc3ccccc3cc2-c2nc(-c3ccccc3)nc(-c3ccccc3)n2)c([2H])c1[2H].c1ccc(-c2nc(-c3ccc4ccccc4c3)nc(-c3cc(-n4c5ccccc5c5ccccc54)cc4ccccc34)n2)cc1.c1ccc(-c2nc(-c3ccccc3)nc(-c3cccc4cc(-n5c6ccccc6c6ccc(-c7ccccc7-c7ccccc7)cc65)ccc34)n2)cc1. The first kappa shape index (κ1) is 80.3. The molecule has 12 nitrogen and oxygen atoms in total. The lowest BCUT2D eigenvalue weighted by Gasteiger charge is -2.16. The summed E-state index contributed by atoms with van der Waals surface area (Å²) < 4.78 is 49.7. The first-order valence-corrected chi connectivity index (χ1v) is 48.4. The van der Waals surface area contributed by atoms with Crippen LogP contribution in [-0.2, 0) is 0 Å². The molecule has 0 unspecified atom stereocenters. The second-order valence-electron chi connectivity index (χ2n) is 35.9. The highest BCUT2D eigenvalue weighted by Crippen LogP contribution is 2.46. The Labute approximate surface area is 842 Å². The molecule has 0 aliphatic heterocycles. The Morgan fingerprint density at radius 3 is 1.02 bits per heavy atom. The summed E-state index contributed by atoms with van der Waals surface area (Å²) in [6, 6.07) is 168. The fraction of sp³-hybridized carbons (Fsp3) is 0. The van der Waals surface area contributed by atoms with Crippen molar-refractivity contribution in [3.8, 4) is 153 Å². The molecule has 0 saturated carbocycles. The Hall–Kier alpha value is -19.7. The van der Waals surface area contributed by atoms with Crippen molar-refractivity contribution in [1.82, 2.24) is 58.6 Å². The molecule has 28 aromatic rings. The number of nitrogens with zero attached hydrogens (tertiary/aromatic N) is 12. The van der Waals surface area contributed by atoms with Crippen LogP contribution in [0, 0.1) is 0 Å². The first-order chi connectivity index (χ1) is 74.0. The zero-order chi connectivity index (χ0) is 100. The molecule has 22 aromatic carbocycles. The summed E-state index contributed by atoms with van der Waals surface area (Å²) in [6.07, 6.45) is 0. The minimum atomic E-state index is -0.420. The van der Waals surface area contributed by atoms with E-state index in [0.29, 0.717) is 58.0 Å². The van der Waals surface area contributed by atoms with Gasteiger partial charge in [0.05, 0.1) is 45.6 Å². The van der Waals surface area contributed by atoms with Crippen molar-refractivity contribution < 1.29 is 6.85 Å². The molecule has 0 amide bonds. The van der Waals surface area contributed by atoms with E-state index in [4.69, 9.17) is 51.7 Å². The number of benzene rings is 22. The van der Waals surface area contributed by atoms with Gasteiger partial charge in [0.2, 0.25) is 0 Å². The van der Waals surface area contributed by atoms with Gasteiger partial charge in [-0.05, 0) is 155 Å². The number of fused-ring (bicyclic) bond motifs is 13. The van der Waals surface area contributed by atoms with Crippen molar-refractivity contribution >= 4 is 109 Å². The molecule has 6 heterocycles. The van der Waals surface area contributed by atoms with Gasteiger partial charge in [0, 0.05) is 93.8 Å². The molecule has 0 fully saturated rings. The van der Waals surface area contributed by atoms with E-state index in [1.165, 1.54) is 60.2 Å². The summed E-state index contributed by atoms with van der Waals surface area (Å²) >= 11 is 0. The Kier molecular flexibility index (Phi) is 20.6. The van der Waals surface area contributed by atoms with Crippen LogP contribution in [0.15, 0.2) is 522 Å². The second-order valence-corrected chi connectivity index (χ2v) is 35.9. The van der Waals surface area contributed by atoms with Crippen molar-refractivity contribution in [2.75, 3.05) is 0 Å². The quantitative estimate of drug-likeness (QED) is 0.0984. The van der Waals surface area contributed by atoms with Crippen LogP contribution in [-0.4, -0.2) is 58.6 Å². The van der Waals surface area contributed by atoms with Gasteiger partial charge in [-0.2, -0.15) is 0 Å². The van der Waals surface area contributed by atoms with Crippen LogP contribution in [0.25, 0.3) is 261 Å². The van der Waals surface area contributed by atoms with Gasteiger partial charge in [-0.15, -0.1) is 0 Å². The maximum absolute atomic E-state index is 8.84. The average molecular weight is 1860 g/mol. The zero-order valence-corrected chi connectivity index (χ0v) is 78.1. The normalized spacial score (nSPS) is 11.9. The van der Waals surface area contributed by atoms with Crippen molar-refractivity contribution in [2.45, 2.75) is 0 Å². The van der Waals surface area contributed by atoms with Gasteiger partial charge in [-0.1, -0.05) is 443 Å². The number of hydrogen-bond donors (Lipinski definition) is 0. The highest BCUT2D eigenvalue weighted by atomic mass is 15.1. The monoisotopic (exact) mass is 1860 g/mol. The van der Waals surface area contributed by atoms with E-state index >= 15 is 0 Å². The van der Waals surface area contributed by atoms with E-state index in [1.807, 2.05) is 194 Å². The van der Waals surface area contributed by atoms with E-state index in [0.717, 1.165) is 138 Å². The Morgan fingerprint density at radius 1 is 0.152 bits per heavy atom. The summed E-state index contributed by atoms with van der Waals surface area (Å²) in [4.78, 5) is 45.5. The number of para-hydroxylation sites is 4. The number of aromatic nitrogens is 12. The van der Waals surface area contributed by atoms with Crippen molar-refractivity contribution in [3.63, 3.8) is 0 Å². The predicted molar refractivity (Wildman–Crippen MR) is 598 cm³/mol. The molecular formula is C133H86N12. The molecular weight excluding hydrogens is 1770 g/mol. The number of hydrogen-bond acceptors (Lipinski definition) is 9. The van der Waals surface area contributed by atoms with Gasteiger partial charge in [0.1, 0.15) is 0 Å². The second kappa shape index (κ2) is 37.2. The molecule has 12 heteroatoms. The summed E-state index contributed by atoms with van der Waals surface area (Å²) in [7, 11) is 0. The summed E-state index contributed by atoms with van der Waals surface area (Å²) in [5.74, 6) is 5.49. The largest absolute Gasteiger partial charge is 0.309 e. The maximum atomic E-state index is 8.84. The lowest BCUT2D eigenvalue weighted by atomic mass is 9.94. The fourth-order valence-corrected chi connectivity index (χ4v) is 20.4. The van der Waals surface area contributed by atoms with Gasteiger partial charge in [-0.3, -0.25) is 0 Å². The minimum Gasteiger partial charge on any atom is -0.309 e. The van der Waals surface area contributed by atoms with E-state index in [9.17, 15) is 0 Å². The Balaban J connectivity index is 0.000000114. The number of rotatable bonds is 15. The van der Waals surface area contributed by atoms with Crippen LogP contribution < -0.4 is 0 Å². The van der Waals surface area contributed by atoms with Crippen LogP contribution in [0.3, 0.4) is 0 Å². The third-order valence-electron chi connectivity index (χ3n) is 27.2. The topological polar surface area (TPSA) is 131 Å². The van der Waals surface area contributed by atoms with Crippen LogP contribution in [0.2, 0.25) is 0 Å².